The van der Waals surface area contributed by atoms with Crippen molar-refractivity contribution in [2.75, 3.05) is 10.2 Å². The highest BCUT2D eigenvalue weighted by molar-refractivity contribution is 6.04. The highest BCUT2D eigenvalue weighted by Crippen LogP contribution is 2.32. The average molecular weight is 559 g/mol. The van der Waals surface area contributed by atoms with Crippen LogP contribution in [0, 0.1) is 13.8 Å². The van der Waals surface area contributed by atoms with Crippen molar-refractivity contribution >= 4 is 28.3 Å². The summed E-state index contributed by atoms with van der Waals surface area (Å²) in [6.07, 6.45) is -1.28. The highest BCUT2D eigenvalue weighted by atomic mass is 16.3. The van der Waals surface area contributed by atoms with Crippen molar-refractivity contribution in [2.45, 2.75) is 46.0 Å². The van der Waals surface area contributed by atoms with E-state index in [1.807, 2.05) is 63.2 Å². The predicted molar refractivity (Wildman–Crippen MR) is 167 cm³/mol. The van der Waals surface area contributed by atoms with Gasteiger partial charge in [-0.25, -0.2) is 4.98 Å². The number of aromatic nitrogens is 2. The molecule has 0 bridgehead atoms. The molecule has 2 heterocycles. The standard InChI is InChI=1S/C35H34N4O3/c1-21-14-15-27(33(41)32(40)24-10-6-5-7-11-24)30(18-21)36-23(3)28-16-22(2)17-29-31(28)37-35(38(4)34(29)42)39-19-25-12-8-9-13-26(25)20-39/h5-18,23,32,36,40H,19-20H2,1-4H3. The molecule has 0 saturated carbocycles. The van der Waals surface area contributed by atoms with Gasteiger partial charge in [-0.3, -0.25) is 14.2 Å². The molecule has 2 atom stereocenters. The van der Waals surface area contributed by atoms with Crippen molar-refractivity contribution in [3.63, 3.8) is 0 Å². The molecule has 0 aliphatic carbocycles. The van der Waals surface area contributed by atoms with Gasteiger partial charge in [0.05, 0.1) is 16.9 Å². The molecule has 2 N–H and O–H groups in total. The summed E-state index contributed by atoms with van der Waals surface area (Å²) >= 11 is 0. The summed E-state index contributed by atoms with van der Waals surface area (Å²) in [5.41, 5.74) is 7.38. The number of aryl methyl sites for hydroxylation is 2. The molecule has 0 spiro atoms. The van der Waals surface area contributed by atoms with Crippen LogP contribution in [0.5, 0.6) is 0 Å². The summed E-state index contributed by atoms with van der Waals surface area (Å²) in [4.78, 5) is 34.4. The van der Waals surface area contributed by atoms with Gasteiger partial charge in [0.2, 0.25) is 5.95 Å². The van der Waals surface area contributed by atoms with E-state index in [1.165, 1.54) is 11.1 Å². The zero-order valence-electron chi connectivity index (χ0n) is 24.3. The van der Waals surface area contributed by atoms with Gasteiger partial charge in [0.15, 0.2) is 5.78 Å². The minimum atomic E-state index is -1.28. The van der Waals surface area contributed by atoms with Gasteiger partial charge in [0.25, 0.3) is 5.56 Å². The minimum Gasteiger partial charge on any atom is -0.380 e. The second-order valence-electron chi connectivity index (χ2n) is 11.2. The first-order valence-corrected chi connectivity index (χ1v) is 14.2. The van der Waals surface area contributed by atoms with Crippen LogP contribution >= 0.6 is 0 Å². The van der Waals surface area contributed by atoms with Crippen LogP contribution in [-0.4, -0.2) is 20.4 Å². The number of ketones is 1. The number of hydrogen-bond donors (Lipinski definition) is 2. The van der Waals surface area contributed by atoms with Crippen LogP contribution in [0.25, 0.3) is 10.9 Å². The first-order chi connectivity index (χ1) is 20.2. The Morgan fingerprint density at radius 2 is 1.57 bits per heavy atom. The molecule has 7 nitrogen and oxygen atoms in total. The molecule has 7 heteroatoms. The number of carbonyl (C=O) groups is 1. The maximum Gasteiger partial charge on any atom is 0.262 e. The smallest absolute Gasteiger partial charge is 0.262 e. The fraction of sp³-hybridized carbons (Fsp3) is 0.229. The quantitative estimate of drug-likeness (QED) is 0.233. The summed E-state index contributed by atoms with van der Waals surface area (Å²) in [5, 5.41) is 15.0. The molecule has 4 aromatic carbocycles. The molecular formula is C35H34N4O3. The molecule has 0 saturated heterocycles. The molecular weight excluding hydrogens is 524 g/mol. The first-order valence-electron chi connectivity index (χ1n) is 14.2. The third kappa shape index (κ3) is 4.97. The van der Waals surface area contributed by atoms with Gasteiger partial charge in [0.1, 0.15) is 6.10 Å². The van der Waals surface area contributed by atoms with Gasteiger partial charge in [0, 0.05) is 37.0 Å². The lowest BCUT2D eigenvalue weighted by Gasteiger charge is -2.23. The van der Waals surface area contributed by atoms with Crippen molar-refractivity contribution in [1.82, 2.24) is 9.55 Å². The number of anilines is 2. The molecule has 1 aromatic heterocycles. The van der Waals surface area contributed by atoms with E-state index < -0.39 is 6.10 Å². The van der Waals surface area contributed by atoms with Crippen molar-refractivity contribution in [3.8, 4) is 0 Å². The van der Waals surface area contributed by atoms with Gasteiger partial charge in [-0.1, -0.05) is 66.7 Å². The third-order valence-corrected chi connectivity index (χ3v) is 8.10. The second kappa shape index (κ2) is 10.9. The molecule has 1 aliphatic heterocycles. The summed E-state index contributed by atoms with van der Waals surface area (Å²) in [7, 11) is 1.78. The lowest BCUT2D eigenvalue weighted by atomic mass is 9.96. The van der Waals surface area contributed by atoms with E-state index in [1.54, 1.807) is 41.9 Å². The molecule has 212 valence electrons. The number of hydrogen-bond acceptors (Lipinski definition) is 6. The van der Waals surface area contributed by atoms with Gasteiger partial charge in [-0.05, 0) is 66.8 Å². The Morgan fingerprint density at radius 3 is 2.26 bits per heavy atom. The van der Waals surface area contributed by atoms with Crippen LogP contribution in [0.2, 0.25) is 0 Å². The lowest BCUT2D eigenvalue weighted by Crippen LogP contribution is -2.28. The van der Waals surface area contributed by atoms with E-state index in [2.05, 4.69) is 22.3 Å². The van der Waals surface area contributed by atoms with E-state index in [4.69, 9.17) is 4.98 Å². The monoisotopic (exact) mass is 558 g/mol. The molecule has 0 fully saturated rings. The summed E-state index contributed by atoms with van der Waals surface area (Å²) in [6, 6.07) is 26.4. The highest BCUT2D eigenvalue weighted by Gasteiger charge is 2.26. The average Bonchev–Trinajstić information content (AvgIpc) is 3.43. The van der Waals surface area contributed by atoms with Crippen molar-refractivity contribution in [1.29, 1.82) is 0 Å². The van der Waals surface area contributed by atoms with Crippen molar-refractivity contribution in [2.24, 2.45) is 7.05 Å². The number of Topliss-reactive ketones (excluding diaryl/α,β-unsaturated/α-hetero) is 1. The number of carbonyl (C=O) groups excluding carboxylic acids is 1. The van der Waals surface area contributed by atoms with Crippen molar-refractivity contribution < 1.29 is 9.90 Å². The second-order valence-corrected chi connectivity index (χ2v) is 11.2. The van der Waals surface area contributed by atoms with E-state index in [0.29, 0.717) is 46.8 Å². The largest absolute Gasteiger partial charge is 0.380 e. The number of nitrogens with zero attached hydrogens (tertiary/aromatic N) is 3. The molecule has 6 rings (SSSR count). The topological polar surface area (TPSA) is 87.5 Å². The molecule has 1 aliphatic rings. The Morgan fingerprint density at radius 1 is 0.905 bits per heavy atom. The van der Waals surface area contributed by atoms with Crippen LogP contribution in [0.3, 0.4) is 0 Å². The fourth-order valence-electron chi connectivity index (χ4n) is 5.87. The van der Waals surface area contributed by atoms with E-state index in [9.17, 15) is 14.7 Å². The Kier molecular flexibility index (Phi) is 7.12. The zero-order chi connectivity index (χ0) is 29.5. The number of nitrogens with one attached hydrogen (secondary N) is 1. The zero-order valence-corrected chi connectivity index (χ0v) is 24.3. The van der Waals surface area contributed by atoms with Crippen molar-refractivity contribution in [3.05, 3.63) is 134 Å². The molecule has 5 aromatic rings. The number of rotatable bonds is 7. The van der Waals surface area contributed by atoms with Crippen LogP contribution in [-0.2, 0) is 20.1 Å². The van der Waals surface area contributed by atoms with E-state index in [0.717, 1.165) is 16.7 Å². The Hall–Kier alpha value is -4.75. The number of aliphatic hydroxyl groups excluding tert-OH is 1. The Bertz CT molecular complexity index is 1850. The molecule has 0 radical (unpaired) electrons. The maximum atomic E-state index is 13.7. The molecule has 2 unspecified atom stereocenters. The summed E-state index contributed by atoms with van der Waals surface area (Å²) < 4.78 is 1.64. The van der Waals surface area contributed by atoms with Gasteiger partial charge >= 0.3 is 0 Å². The van der Waals surface area contributed by atoms with E-state index in [-0.39, 0.29) is 17.4 Å². The Labute approximate surface area is 245 Å². The normalized spacial score (nSPS) is 14.1. The van der Waals surface area contributed by atoms with Crippen LogP contribution in [0.1, 0.15) is 62.8 Å². The lowest BCUT2D eigenvalue weighted by molar-refractivity contribution is 0.0748. The van der Waals surface area contributed by atoms with Crippen LogP contribution in [0.4, 0.5) is 11.6 Å². The SMILES string of the molecule is Cc1ccc(C(=O)C(O)c2ccccc2)c(NC(C)c2cc(C)cc3c(=O)n(C)c(N4Cc5ccccc5C4)nc23)c1. The van der Waals surface area contributed by atoms with Crippen LogP contribution in [0.15, 0.2) is 89.7 Å². The molecule has 42 heavy (non-hydrogen) atoms. The summed E-state index contributed by atoms with van der Waals surface area (Å²) in [5.74, 6) is 0.242. The van der Waals surface area contributed by atoms with E-state index >= 15 is 0 Å². The number of benzene rings is 4. The summed E-state index contributed by atoms with van der Waals surface area (Å²) in [6.45, 7) is 7.32. The maximum absolute atomic E-state index is 13.7. The van der Waals surface area contributed by atoms with Gasteiger partial charge < -0.3 is 15.3 Å². The number of fused-ring (bicyclic) bond motifs is 2. The molecule has 0 amide bonds. The minimum absolute atomic E-state index is 0.0967. The van der Waals surface area contributed by atoms with Gasteiger partial charge in [-0.2, -0.15) is 0 Å². The van der Waals surface area contributed by atoms with Gasteiger partial charge in [-0.15, -0.1) is 0 Å². The first kappa shape index (κ1) is 27.4. The predicted octanol–water partition coefficient (Wildman–Crippen LogP) is 6.16. The third-order valence-electron chi connectivity index (χ3n) is 8.10. The fourth-order valence-corrected chi connectivity index (χ4v) is 5.87. The van der Waals surface area contributed by atoms with Crippen LogP contribution < -0.4 is 15.8 Å². The Balaban J connectivity index is 1.39. The number of aliphatic hydroxyl groups is 1.